The lowest BCUT2D eigenvalue weighted by molar-refractivity contribution is 0.0692. The zero-order valence-corrected chi connectivity index (χ0v) is 17.7. The van der Waals surface area contributed by atoms with Gasteiger partial charge in [0.15, 0.2) is 0 Å². The first-order valence-electron chi connectivity index (χ1n) is 10.1. The zero-order chi connectivity index (χ0) is 21.9. The summed E-state index contributed by atoms with van der Waals surface area (Å²) in [6.45, 7) is 1.06. The summed E-state index contributed by atoms with van der Waals surface area (Å²) in [6.07, 6.45) is 11.5. The Kier molecular flexibility index (Phi) is 5.51. The fourth-order valence-corrected chi connectivity index (χ4v) is 3.84. The molecule has 0 saturated carbocycles. The molecule has 0 unspecified atom stereocenters. The number of rotatable bonds is 2. The van der Waals surface area contributed by atoms with Crippen molar-refractivity contribution in [3.05, 3.63) is 72.2 Å². The molecular weight excluding hydrogens is 432 g/mol. The molecule has 6 heterocycles. The number of halogens is 1. The van der Waals surface area contributed by atoms with Gasteiger partial charge in [0.05, 0.1) is 29.8 Å². The molecule has 4 aromatic rings. The highest BCUT2D eigenvalue weighted by Gasteiger charge is 2.27. The predicted octanol–water partition coefficient (Wildman–Crippen LogP) is 2.92. The van der Waals surface area contributed by atoms with Gasteiger partial charge in [-0.25, -0.2) is 9.67 Å². The van der Waals surface area contributed by atoms with E-state index in [0.29, 0.717) is 25.1 Å². The number of carbonyl (C=O) groups excluding carboxylic acids is 1. The number of hydrogen-bond donors (Lipinski definition) is 1. The van der Waals surface area contributed by atoms with Gasteiger partial charge in [0, 0.05) is 37.3 Å². The van der Waals surface area contributed by atoms with E-state index >= 15 is 0 Å². The van der Waals surface area contributed by atoms with E-state index in [2.05, 4.69) is 30.2 Å². The highest BCUT2D eigenvalue weighted by molar-refractivity contribution is 6.45. The van der Waals surface area contributed by atoms with Gasteiger partial charge in [0.25, 0.3) is 0 Å². The van der Waals surface area contributed by atoms with Gasteiger partial charge in [-0.1, -0.05) is 11.6 Å². The summed E-state index contributed by atoms with van der Waals surface area (Å²) < 4.78 is 7.24. The van der Waals surface area contributed by atoms with Crippen LogP contribution in [0.3, 0.4) is 0 Å². The average molecular weight is 451 g/mol. The van der Waals surface area contributed by atoms with Crippen LogP contribution >= 0.6 is 11.6 Å². The van der Waals surface area contributed by atoms with Crippen molar-refractivity contribution < 1.29 is 9.21 Å². The Bertz CT molecular complexity index is 1260. The number of nitrogens with zero attached hydrogens (tertiary/aromatic N) is 7. The third kappa shape index (κ3) is 4.04. The number of H-pyrrole nitrogens is 1. The second kappa shape index (κ2) is 8.75. The maximum atomic E-state index is 12.5. The van der Waals surface area contributed by atoms with Crippen molar-refractivity contribution in [2.45, 2.75) is 25.8 Å². The standard InChI is InChI=1S/C14H12N6O2.C7H7ClN2/c21-14(20-5-3-10-11(7-20)17-8-16-10)13-19-18-12(22-13)9-2-1-4-15-6-9;8-7-3-1-2-6-4-5-9-10(6)7/h1-2,4,6,8H,3,5,7H2,(H,16,17);3-5H,1-2H2. The third-order valence-corrected chi connectivity index (χ3v) is 5.53. The van der Waals surface area contributed by atoms with Crippen LogP contribution < -0.4 is 0 Å². The van der Waals surface area contributed by atoms with Crippen molar-refractivity contribution in [2.75, 3.05) is 6.54 Å². The number of carbonyl (C=O) groups is 1. The molecule has 0 fully saturated rings. The normalized spacial score (nSPS) is 14.7. The number of amides is 1. The summed E-state index contributed by atoms with van der Waals surface area (Å²) in [4.78, 5) is 25.4. The molecule has 11 heteroatoms. The molecule has 2 aliphatic heterocycles. The number of pyridine rings is 1. The fraction of sp³-hybridized carbons (Fsp3) is 0.238. The van der Waals surface area contributed by atoms with E-state index in [9.17, 15) is 4.79 Å². The van der Waals surface area contributed by atoms with Crippen LogP contribution in [0.15, 0.2) is 53.6 Å². The zero-order valence-electron chi connectivity index (χ0n) is 17.0. The number of hydrogen-bond acceptors (Lipinski definition) is 7. The van der Waals surface area contributed by atoms with Crippen molar-refractivity contribution in [1.29, 1.82) is 0 Å². The average Bonchev–Trinajstić information content (AvgIpc) is 3.60. The number of nitrogens with one attached hydrogen (secondary N) is 1. The lowest BCUT2D eigenvalue weighted by atomic mass is 10.1. The molecule has 0 aromatic carbocycles. The SMILES string of the molecule is ClC1=CCCc2ccnn21.O=C(c1nnc(-c2cccnc2)o1)N1CCc2nc[nH]c2C1. The van der Waals surface area contributed by atoms with Gasteiger partial charge < -0.3 is 14.3 Å². The molecule has 6 rings (SSSR count). The van der Waals surface area contributed by atoms with Gasteiger partial charge in [0.2, 0.25) is 5.89 Å². The molecular formula is C21H19ClN8O2. The van der Waals surface area contributed by atoms with Gasteiger partial charge in [-0.3, -0.25) is 9.78 Å². The Morgan fingerprint density at radius 3 is 2.97 bits per heavy atom. The van der Waals surface area contributed by atoms with E-state index in [1.54, 1.807) is 46.6 Å². The molecule has 0 atom stereocenters. The molecule has 2 aliphatic rings. The molecule has 0 saturated heterocycles. The Morgan fingerprint density at radius 1 is 1.19 bits per heavy atom. The first kappa shape index (κ1) is 20.1. The highest BCUT2D eigenvalue weighted by atomic mass is 35.5. The first-order chi connectivity index (χ1) is 15.7. The largest absolute Gasteiger partial charge is 0.412 e. The van der Waals surface area contributed by atoms with E-state index in [-0.39, 0.29) is 17.7 Å². The molecule has 32 heavy (non-hydrogen) atoms. The number of aromatic nitrogens is 7. The molecule has 10 nitrogen and oxygen atoms in total. The molecule has 0 spiro atoms. The predicted molar refractivity (Wildman–Crippen MR) is 115 cm³/mol. The first-order valence-corrected chi connectivity index (χ1v) is 10.5. The molecule has 0 aliphatic carbocycles. The van der Waals surface area contributed by atoms with E-state index in [0.717, 1.165) is 29.4 Å². The van der Waals surface area contributed by atoms with Crippen LogP contribution in [0.1, 0.15) is 34.2 Å². The van der Waals surface area contributed by atoms with E-state index in [4.69, 9.17) is 16.0 Å². The summed E-state index contributed by atoms with van der Waals surface area (Å²) in [5.74, 6) is 0.000368. The number of aromatic amines is 1. The van der Waals surface area contributed by atoms with Crippen LogP contribution in [0.5, 0.6) is 0 Å². The van der Waals surface area contributed by atoms with Crippen molar-refractivity contribution in [2.24, 2.45) is 0 Å². The monoisotopic (exact) mass is 450 g/mol. The summed E-state index contributed by atoms with van der Waals surface area (Å²) in [5.41, 5.74) is 3.84. The van der Waals surface area contributed by atoms with Crippen molar-refractivity contribution in [3.63, 3.8) is 0 Å². The molecule has 1 amide bonds. The minimum atomic E-state index is -0.275. The molecule has 162 valence electrons. The smallest absolute Gasteiger partial charge is 0.311 e. The Balaban J connectivity index is 0.000000180. The topological polar surface area (TPSA) is 119 Å². The minimum absolute atomic E-state index is 0.0122. The molecule has 4 aromatic heterocycles. The van der Waals surface area contributed by atoms with Crippen LogP contribution in [0.2, 0.25) is 0 Å². The second-order valence-electron chi connectivity index (χ2n) is 7.26. The van der Waals surface area contributed by atoms with Gasteiger partial charge in [-0.15, -0.1) is 10.2 Å². The minimum Gasteiger partial charge on any atom is -0.412 e. The molecule has 0 radical (unpaired) electrons. The lowest BCUT2D eigenvalue weighted by Crippen LogP contribution is -2.36. The highest BCUT2D eigenvalue weighted by Crippen LogP contribution is 2.21. The quantitative estimate of drug-likeness (QED) is 0.498. The van der Waals surface area contributed by atoms with Crippen molar-refractivity contribution in [1.82, 2.24) is 39.8 Å². The molecule has 1 N–H and O–H groups in total. The van der Waals surface area contributed by atoms with Gasteiger partial charge in [-0.2, -0.15) is 5.10 Å². The van der Waals surface area contributed by atoms with Crippen molar-refractivity contribution >= 4 is 22.7 Å². The summed E-state index contributed by atoms with van der Waals surface area (Å²) in [7, 11) is 0. The van der Waals surface area contributed by atoms with Gasteiger partial charge in [0.1, 0.15) is 5.16 Å². The Morgan fingerprint density at radius 2 is 2.12 bits per heavy atom. The Hall–Kier alpha value is -3.79. The van der Waals surface area contributed by atoms with Crippen LogP contribution in [0, 0.1) is 0 Å². The Labute approximate surface area is 188 Å². The van der Waals surface area contributed by atoms with E-state index in [1.807, 2.05) is 12.1 Å². The number of fused-ring (bicyclic) bond motifs is 2. The maximum Gasteiger partial charge on any atom is 0.311 e. The van der Waals surface area contributed by atoms with Gasteiger partial charge in [-0.05, 0) is 37.1 Å². The van der Waals surface area contributed by atoms with E-state index < -0.39 is 0 Å². The fourth-order valence-electron chi connectivity index (χ4n) is 3.57. The summed E-state index contributed by atoms with van der Waals surface area (Å²) >= 11 is 5.85. The van der Waals surface area contributed by atoms with Crippen LogP contribution in [-0.2, 0) is 19.4 Å². The van der Waals surface area contributed by atoms with Crippen LogP contribution in [0.25, 0.3) is 16.6 Å². The van der Waals surface area contributed by atoms with Crippen molar-refractivity contribution in [3.8, 4) is 11.5 Å². The summed E-state index contributed by atoms with van der Waals surface area (Å²) in [6, 6.07) is 5.56. The maximum absolute atomic E-state index is 12.5. The van der Waals surface area contributed by atoms with Crippen LogP contribution in [-0.4, -0.2) is 52.3 Å². The van der Waals surface area contributed by atoms with Crippen LogP contribution in [0.4, 0.5) is 0 Å². The molecule has 0 bridgehead atoms. The van der Waals surface area contributed by atoms with Gasteiger partial charge >= 0.3 is 11.8 Å². The van der Waals surface area contributed by atoms with E-state index in [1.165, 1.54) is 5.69 Å². The number of allylic oxidation sites excluding steroid dienone is 1. The number of aryl methyl sites for hydroxylation is 1. The lowest BCUT2D eigenvalue weighted by Gasteiger charge is -2.24. The summed E-state index contributed by atoms with van der Waals surface area (Å²) in [5, 5.41) is 12.5. The second-order valence-corrected chi connectivity index (χ2v) is 7.65. The third-order valence-electron chi connectivity index (χ3n) is 5.22. The number of imidazole rings is 1.